The normalized spacial score (nSPS) is 13.9. The van der Waals surface area contributed by atoms with Gasteiger partial charge in [0, 0.05) is 12.6 Å². The van der Waals surface area contributed by atoms with E-state index in [1.807, 2.05) is 12.1 Å². The first-order chi connectivity index (χ1) is 10.2. The molecule has 0 amide bonds. The van der Waals surface area contributed by atoms with E-state index in [2.05, 4.69) is 38.2 Å². The lowest BCUT2D eigenvalue weighted by Gasteiger charge is -2.27. The van der Waals surface area contributed by atoms with Crippen molar-refractivity contribution in [3.05, 3.63) is 29.8 Å². The zero-order valence-corrected chi connectivity index (χ0v) is 14.0. The van der Waals surface area contributed by atoms with E-state index in [4.69, 9.17) is 9.47 Å². The van der Waals surface area contributed by atoms with Crippen molar-refractivity contribution in [1.29, 1.82) is 0 Å². The zero-order chi connectivity index (χ0) is 15.5. The Morgan fingerprint density at radius 3 is 2.29 bits per heavy atom. The number of methoxy groups -OCH3 is 1. The molecule has 0 aliphatic rings. The molecule has 0 heterocycles. The second-order valence-corrected chi connectivity index (χ2v) is 5.33. The number of rotatable bonds is 11. The third kappa shape index (κ3) is 6.49. The Kier molecular flexibility index (Phi) is 9.11. The molecule has 1 aromatic rings. The predicted octanol–water partition coefficient (Wildman–Crippen LogP) is 3.81. The molecular formula is C18H31NO2. The van der Waals surface area contributed by atoms with Gasteiger partial charge in [0.2, 0.25) is 0 Å². The van der Waals surface area contributed by atoms with E-state index in [1.54, 1.807) is 7.11 Å². The quantitative estimate of drug-likeness (QED) is 0.673. The highest BCUT2D eigenvalue weighted by molar-refractivity contribution is 5.27. The van der Waals surface area contributed by atoms with Crippen LogP contribution >= 0.6 is 0 Å². The third-order valence-electron chi connectivity index (χ3n) is 3.77. The number of ether oxygens (including phenoxy) is 2. The van der Waals surface area contributed by atoms with Gasteiger partial charge < -0.3 is 14.8 Å². The van der Waals surface area contributed by atoms with Crippen LogP contribution in [-0.4, -0.2) is 32.4 Å². The molecule has 0 aliphatic carbocycles. The molecule has 1 rings (SSSR count). The molecule has 0 saturated carbocycles. The average Bonchev–Trinajstić information content (AvgIpc) is 2.52. The molecule has 0 aromatic heterocycles. The van der Waals surface area contributed by atoms with Crippen molar-refractivity contribution in [3.63, 3.8) is 0 Å². The van der Waals surface area contributed by atoms with E-state index >= 15 is 0 Å². The van der Waals surface area contributed by atoms with Gasteiger partial charge in [-0.1, -0.05) is 32.4 Å². The predicted molar refractivity (Wildman–Crippen MR) is 89.1 cm³/mol. The molecule has 1 N–H and O–H groups in total. The Balaban J connectivity index is 2.58. The fourth-order valence-electron chi connectivity index (χ4n) is 2.70. The van der Waals surface area contributed by atoms with E-state index in [1.165, 1.54) is 5.56 Å². The van der Waals surface area contributed by atoms with E-state index in [-0.39, 0.29) is 0 Å². The molecule has 3 nitrogen and oxygen atoms in total. The molecule has 21 heavy (non-hydrogen) atoms. The van der Waals surface area contributed by atoms with Gasteiger partial charge in [-0.25, -0.2) is 0 Å². The Labute approximate surface area is 130 Å². The smallest absolute Gasteiger partial charge is 0.118 e. The van der Waals surface area contributed by atoms with Crippen LogP contribution in [0.5, 0.6) is 5.75 Å². The summed E-state index contributed by atoms with van der Waals surface area (Å²) in [6.07, 6.45) is 4.77. The molecule has 120 valence electrons. The monoisotopic (exact) mass is 293 g/mol. The molecular weight excluding hydrogens is 262 g/mol. The van der Waals surface area contributed by atoms with E-state index < -0.39 is 0 Å². The molecule has 0 radical (unpaired) electrons. The van der Waals surface area contributed by atoms with Crippen molar-refractivity contribution in [2.45, 2.75) is 58.6 Å². The van der Waals surface area contributed by atoms with Crippen LogP contribution in [0, 0.1) is 0 Å². The Bertz CT molecular complexity index is 358. The third-order valence-corrected chi connectivity index (χ3v) is 3.77. The van der Waals surface area contributed by atoms with Crippen molar-refractivity contribution in [2.75, 3.05) is 20.3 Å². The van der Waals surface area contributed by atoms with Crippen LogP contribution in [0.4, 0.5) is 0 Å². The van der Waals surface area contributed by atoms with Crippen LogP contribution in [0.3, 0.4) is 0 Å². The molecule has 0 aliphatic heterocycles. The van der Waals surface area contributed by atoms with Gasteiger partial charge in [0.15, 0.2) is 0 Å². The maximum absolute atomic E-state index is 5.94. The maximum atomic E-state index is 5.94. The largest absolute Gasteiger partial charge is 0.497 e. The van der Waals surface area contributed by atoms with Crippen LogP contribution in [0.15, 0.2) is 24.3 Å². The van der Waals surface area contributed by atoms with Gasteiger partial charge in [-0.3, -0.25) is 0 Å². The minimum Gasteiger partial charge on any atom is -0.497 e. The van der Waals surface area contributed by atoms with Crippen molar-refractivity contribution in [3.8, 4) is 5.75 Å². The maximum Gasteiger partial charge on any atom is 0.118 e. The summed E-state index contributed by atoms with van der Waals surface area (Å²) in [5.74, 6) is 0.917. The molecule has 0 spiro atoms. The lowest BCUT2D eigenvalue weighted by Crippen LogP contribution is -2.41. The van der Waals surface area contributed by atoms with E-state index in [0.717, 1.165) is 44.6 Å². The number of aryl methyl sites for hydroxylation is 1. The molecule has 0 fully saturated rings. The Hall–Kier alpha value is -1.06. The van der Waals surface area contributed by atoms with Gasteiger partial charge in [-0.2, -0.15) is 0 Å². The summed E-state index contributed by atoms with van der Waals surface area (Å²) in [6, 6.07) is 8.79. The van der Waals surface area contributed by atoms with Crippen LogP contribution in [0.2, 0.25) is 0 Å². The first kappa shape index (κ1) is 18.0. The van der Waals surface area contributed by atoms with Gasteiger partial charge >= 0.3 is 0 Å². The lowest BCUT2D eigenvalue weighted by molar-refractivity contribution is 0.0264. The Morgan fingerprint density at radius 1 is 1.05 bits per heavy atom. The summed E-state index contributed by atoms with van der Waals surface area (Å²) < 4.78 is 11.1. The minimum absolute atomic E-state index is 0.318. The first-order valence-corrected chi connectivity index (χ1v) is 8.23. The Morgan fingerprint density at radius 2 is 1.76 bits per heavy atom. The molecule has 3 heteroatoms. The molecule has 1 aromatic carbocycles. The topological polar surface area (TPSA) is 30.5 Å². The lowest BCUT2D eigenvalue weighted by atomic mass is 9.98. The fourth-order valence-corrected chi connectivity index (χ4v) is 2.70. The zero-order valence-electron chi connectivity index (χ0n) is 14.0. The standard InChI is InChI=1S/C18H31NO2/c1-5-8-18(21-7-3)17(19-6-2)14-11-15-9-12-16(20-4)13-10-15/h9-10,12-13,17-19H,5-8,11,14H2,1-4H3. The number of nitrogens with one attached hydrogen (secondary N) is 1. The highest BCUT2D eigenvalue weighted by Crippen LogP contribution is 2.16. The van der Waals surface area contributed by atoms with Gasteiger partial charge in [0.1, 0.15) is 5.75 Å². The van der Waals surface area contributed by atoms with Crippen LogP contribution < -0.4 is 10.1 Å². The first-order valence-electron chi connectivity index (χ1n) is 8.23. The van der Waals surface area contributed by atoms with Crippen LogP contribution in [-0.2, 0) is 11.2 Å². The number of likely N-dealkylation sites (N-methyl/N-ethyl adjacent to an activating group) is 1. The summed E-state index contributed by atoms with van der Waals surface area (Å²) in [5, 5.41) is 3.60. The number of hydrogen-bond acceptors (Lipinski definition) is 3. The van der Waals surface area contributed by atoms with Crippen LogP contribution in [0.1, 0.15) is 45.6 Å². The summed E-state index contributed by atoms with van der Waals surface area (Å²) in [6.45, 7) is 8.23. The number of hydrogen-bond donors (Lipinski definition) is 1. The van der Waals surface area contributed by atoms with Crippen molar-refractivity contribution in [2.24, 2.45) is 0 Å². The second-order valence-electron chi connectivity index (χ2n) is 5.33. The average molecular weight is 293 g/mol. The highest BCUT2D eigenvalue weighted by atomic mass is 16.5. The van der Waals surface area contributed by atoms with Gasteiger partial charge in [-0.05, 0) is 50.4 Å². The number of benzene rings is 1. The summed E-state index contributed by atoms with van der Waals surface area (Å²) in [5.41, 5.74) is 1.35. The van der Waals surface area contributed by atoms with Gasteiger partial charge in [-0.15, -0.1) is 0 Å². The molecule has 0 saturated heterocycles. The van der Waals surface area contributed by atoms with Gasteiger partial charge in [0.25, 0.3) is 0 Å². The SMILES string of the molecule is CCCC(OCC)C(CCc1ccc(OC)cc1)NCC. The second kappa shape index (κ2) is 10.6. The molecule has 2 atom stereocenters. The fraction of sp³-hybridized carbons (Fsp3) is 0.667. The minimum atomic E-state index is 0.318. The van der Waals surface area contributed by atoms with Crippen LogP contribution in [0.25, 0.3) is 0 Å². The van der Waals surface area contributed by atoms with Gasteiger partial charge in [0.05, 0.1) is 13.2 Å². The summed E-state index contributed by atoms with van der Waals surface area (Å²) in [4.78, 5) is 0. The molecule has 2 unspecified atom stereocenters. The highest BCUT2D eigenvalue weighted by Gasteiger charge is 2.20. The van der Waals surface area contributed by atoms with E-state index in [9.17, 15) is 0 Å². The van der Waals surface area contributed by atoms with Crippen molar-refractivity contribution in [1.82, 2.24) is 5.32 Å². The summed E-state index contributed by atoms with van der Waals surface area (Å²) >= 11 is 0. The van der Waals surface area contributed by atoms with Crippen molar-refractivity contribution >= 4 is 0 Å². The summed E-state index contributed by atoms with van der Waals surface area (Å²) in [7, 11) is 1.70. The van der Waals surface area contributed by atoms with E-state index in [0.29, 0.717) is 12.1 Å². The van der Waals surface area contributed by atoms with Crippen molar-refractivity contribution < 1.29 is 9.47 Å². The molecule has 0 bridgehead atoms.